The fourth-order valence-electron chi connectivity index (χ4n) is 2.57. The van der Waals surface area contributed by atoms with Crippen LogP contribution in [0.15, 0.2) is 53.4 Å². The molecule has 0 fully saturated rings. The molecule has 27 heavy (non-hydrogen) atoms. The molecule has 8 heteroatoms. The molecule has 0 saturated heterocycles. The minimum absolute atomic E-state index is 0.0919. The van der Waals surface area contributed by atoms with Crippen molar-refractivity contribution in [1.29, 1.82) is 0 Å². The van der Waals surface area contributed by atoms with Crippen LogP contribution in [0.5, 0.6) is 0 Å². The van der Waals surface area contributed by atoms with Crippen molar-refractivity contribution in [2.45, 2.75) is 37.1 Å². The molecule has 1 unspecified atom stereocenters. The predicted octanol–water partition coefficient (Wildman–Crippen LogP) is 3.07. The first-order valence-electron chi connectivity index (χ1n) is 8.49. The number of carbonyl (C=O) groups excluding carboxylic acids is 1. The molecule has 0 bridgehead atoms. The van der Waals surface area contributed by atoms with Crippen molar-refractivity contribution in [2.24, 2.45) is 0 Å². The van der Waals surface area contributed by atoms with E-state index in [9.17, 15) is 22.0 Å². The first kappa shape index (κ1) is 21.0. The van der Waals surface area contributed by atoms with Gasteiger partial charge in [-0.2, -0.15) is 0 Å². The van der Waals surface area contributed by atoms with Crippen molar-refractivity contribution in [3.05, 3.63) is 65.7 Å². The van der Waals surface area contributed by atoms with E-state index in [1.54, 1.807) is 0 Å². The number of rotatable bonds is 8. The Labute approximate surface area is 157 Å². The zero-order valence-corrected chi connectivity index (χ0v) is 15.9. The second-order valence-electron chi connectivity index (χ2n) is 6.32. The molecule has 0 aromatic heterocycles. The lowest BCUT2D eigenvalue weighted by Crippen LogP contribution is -2.44. The van der Waals surface area contributed by atoms with Crippen molar-refractivity contribution in [3.8, 4) is 0 Å². The van der Waals surface area contributed by atoms with E-state index in [4.69, 9.17) is 0 Å². The van der Waals surface area contributed by atoms with E-state index in [0.717, 1.165) is 17.7 Å². The van der Waals surface area contributed by atoms with Crippen LogP contribution in [-0.2, 0) is 20.4 Å². The standard InChI is InChI=1S/C19H22F2N2O3S/c1-3-19(2,14-7-5-4-6-8-14)23-18(24)11-12-22-27(25,26)15-9-10-16(20)17(21)13-15/h4-10,13,22H,3,11-12H2,1-2H3,(H,23,24). The molecular formula is C19H22F2N2O3S. The van der Waals surface area contributed by atoms with E-state index in [1.165, 1.54) is 0 Å². The highest BCUT2D eigenvalue weighted by molar-refractivity contribution is 7.89. The molecule has 0 aliphatic rings. The zero-order chi connectivity index (χ0) is 20.1. The minimum Gasteiger partial charge on any atom is -0.347 e. The van der Waals surface area contributed by atoms with E-state index in [2.05, 4.69) is 10.0 Å². The molecule has 0 radical (unpaired) electrons. The smallest absolute Gasteiger partial charge is 0.240 e. The monoisotopic (exact) mass is 396 g/mol. The maximum absolute atomic E-state index is 13.2. The summed E-state index contributed by atoms with van der Waals surface area (Å²) in [6.45, 7) is 3.67. The Morgan fingerprint density at radius 1 is 1.07 bits per heavy atom. The van der Waals surface area contributed by atoms with Gasteiger partial charge >= 0.3 is 0 Å². The van der Waals surface area contributed by atoms with Gasteiger partial charge in [0.1, 0.15) is 0 Å². The Balaban J connectivity index is 1.96. The lowest BCUT2D eigenvalue weighted by atomic mass is 9.89. The van der Waals surface area contributed by atoms with Gasteiger partial charge in [0.2, 0.25) is 15.9 Å². The number of benzene rings is 2. The van der Waals surface area contributed by atoms with Gasteiger partial charge in [0, 0.05) is 13.0 Å². The van der Waals surface area contributed by atoms with E-state index in [1.807, 2.05) is 44.2 Å². The van der Waals surface area contributed by atoms with Crippen LogP contribution in [-0.4, -0.2) is 20.9 Å². The summed E-state index contributed by atoms with van der Waals surface area (Å²) in [6.07, 6.45) is 0.564. The molecule has 1 amide bonds. The van der Waals surface area contributed by atoms with Crippen molar-refractivity contribution in [3.63, 3.8) is 0 Å². The molecule has 0 aliphatic carbocycles. The van der Waals surface area contributed by atoms with Gasteiger partial charge in [0.25, 0.3) is 0 Å². The third kappa shape index (κ3) is 5.33. The first-order chi connectivity index (χ1) is 12.7. The van der Waals surface area contributed by atoms with Gasteiger partial charge in [-0.1, -0.05) is 37.3 Å². The van der Waals surface area contributed by atoms with E-state index < -0.39 is 32.1 Å². The first-order valence-corrected chi connectivity index (χ1v) is 9.97. The van der Waals surface area contributed by atoms with E-state index in [-0.39, 0.29) is 18.9 Å². The Hall–Kier alpha value is -2.32. The number of hydrogen-bond donors (Lipinski definition) is 2. The Morgan fingerprint density at radius 2 is 1.74 bits per heavy atom. The number of nitrogens with one attached hydrogen (secondary N) is 2. The van der Waals surface area contributed by atoms with Crippen molar-refractivity contribution < 1.29 is 22.0 Å². The molecular weight excluding hydrogens is 374 g/mol. The summed E-state index contributed by atoms with van der Waals surface area (Å²) in [4.78, 5) is 11.9. The highest BCUT2D eigenvalue weighted by Crippen LogP contribution is 2.24. The molecule has 2 aromatic rings. The van der Waals surface area contributed by atoms with Gasteiger partial charge in [0.15, 0.2) is 11.6 Å². The summed E-state index contributed by atoms with van der Waals surface area (Å²) in [5.74, 6) is -2.71. The summed E-state index contributed by atoms with van der Waals surface area (Å²) in [6, 6.07) is 11.8. The highest BCUT2D eigenvalue weighted by atomic mass is 32.2. The number of sulfonamides is 1. The molecule has 0 heterocycles. The van der Waals surface area contributed by atoms with Gasteiger partial charge in [-0.25, -0.2) is 21.9 Å². The number of halogens is 2. The maximum atomic E-state index is 13.2. The lowest BCUT2D eigenvalue weighted by molar-refractivity contribution is -0.122. The molecule has 0 saturated carbocycles. The summed E-state index contributed by atoms with van der Waals surface area (Å²) < 4.78 is 52.6. The largest absolute Gasteiger partial charge is 0.347 e. The molecule has 1 atom stereocenters. The van der Waals surface area contributed by atoms with E-state index in [0.29, 0.717) is 12.5 Å². The summed E-state index contributed by atoms with van der Waals surface area (Å²) in [5, 5.41) is 2.92. The van der Waals surface area contributed by atoms with Gasteiger partial charge in [0.05, 0.1) is 10.4 Å². The van der Waals surface area contributed by atoms with Gasteiger partial charge in [-0.3, -0.25) is 4.79 Å². The third-order valence-electron chi connectivity index (χ3n) is 4.38. The number of carbonyl (C=O) groups is 1. The zero-order valence-electron chi connectivity index (χ0n) is 15.1. The fourth-order valence-corrected chi connectivity index (χ4v) is 3.61. The summed E-state index contributed by atoms with van der Waals surface area (Å²) >= 11 is 0. The van der Waals surface area contributed by atoms with Crippen LogP contribution in [0.3, 0.4) is 0 Å². The Morgan fingerprint density at radius 3 is 2.33 bits per heavy atom. The maximum Gasteiger partial charge on any atom is 0.240 e. The highest BCUT2D eigenvalue weighted by Gasteiger charge is 2.26. The van der Waals surface area contributed by atoms with Crippen molar-refractivity contribution in [1.82, 2.24) is 10.0 Å². The second-order valence-corrected chi connectivity index (χ2v) is 8.09. The molecule has 2 N–H and O–H groups in total. The molecule has 2 rings (SSSR count). The third-order valence-corrected chi connectivity index (χ3v) is 5.84. The Bertz CT molecular complexity index is 904. The SMILES string of the molecule is CCC(C)(NC(=O)CCNS(=O)(=O)c1ccc(F)c(F)c1)c1ccccc1. The van der Waals surface area contributed by atoms with Crippen LogP contribution >= 0.6 is 0 Å². The summed E-state index contributed by atoms with van der Waals surface area (Å²) in [5.41, 5.74) is 0.375. The number of amides is 1. The molecule has 5 nitrogen and oxygen atoms in total. The van der Waals surface area contributed by atoms with Crippen molar-refractivity contribution >= 4 is 15.9 Å². The molecule has 0 spiro atoms. The van der Waals surface area contributed by atoms with Crippen molar-refractivity contribution in [2.75, 3.05) is 6.54 Å². The van der Waals surface area contributed by atoms with Gasteiger partial charge in [-0.15, -0.1) is 0 Å². The van der Waals surface area contributed by atoms with Crippen LogP contribution in [0, 0.1) is 11.6 Å². The average molecular weight is 396 g/mol. The van der Waals surface area contributed by atoms with Gasteiger partial charge in [-0.05, 0) is 37.1 Å². The van der Waals surface area contributed by atoms with Gasteiger partial charge < -0.3 is 5.32 Å². The molecule has 2 aromatic carbocycles. The van der Waals surface area contributed by atoms with Crippen LogP contribution < -0.4 is 10.0 Å². The lowest BCUT2D eigenvalue weighted by Gasteiger charge is -2.30. The average Bonchev–Trinajstić information content (AvgIpc) is 2.64. The van der Waals surface area contributed by atoms with Crippen LogP contribution in [0.2, 0.25) is 0 Å². The normalized spacial score (nSPS) is 13.8. The number of hydrogen-bond acceptors (Lipinski definition) is 3. The second kappa shape index (κ2) is 8.58. The topological polar surface area (TPSA) is 75.3 Å². The van der Waals surface area contributed by atoms with Crippen LogP contribution in [0.4, 0.5) is 8.78 Å². The fraction of sp³-hybridized carbons (Fsp3) is 0.316. The van der Waals surface area contributed by atoms with Crippen LogP contribution in [0.1, 0.15) is 32.3 Å². The Kier molecular flexibility index (Phi) is 6.67. The molecule has 146 valence electrons. The van der Waals surface area contributed by atoms with E-state index >= 15 is 0 Å². The predicted molar refractivity (Wildman–Crippen MR) is 98.4 cm³/mol. The molecule has 0 aliphatic heterocycles. The summed E-state index contributed by atoms with van der Waals surface area (Å²) in [7, 11) is -4.03. The minimum atomic E-state index is -4.03. The quantitative estimate of drug-likeness (QED) is 0.720. The van der Waals surface area contributed by atoms with Crippen LogP contribution in [0.25, 0.3) is 0 Å².